The molecule has 0 unspecified atom stereocenters. The van der Waals surface area contributed by atoms with Gasteiger partial charge in [0.1, 0.15) is 5.82 Å². The number of ether oxygens (including phenoxy) is 1. The highest BCUT2D eigenvalue weighted by molar-refractivity contribution is 5.86. The number of nitrogens with zero attached hydrogens (tertiary/aromatic N) is 3. The van der Waals surface area contributed by atoms with Gasteiger partial charge in [-0.05, 0) is 20.8 Å². The highest BCUT2D eigenvalue weighted by atomic mass is 16.5. The van der Waals surface area contributed by atoms with Crippen molar-refractivity contribution in [3.05, 3.63) is 6.20 Å². The number of aromatic amines is 1. The predicted octanol–water partition coefficient (Wildman–Crippen LogP) is 1.62. The lowest BCUT2D eigenvalue weighted by atomic mass is 10.1. The summed E-state index contributed by atoms with van der Waals surface area (Å²) in [6.07, 6.45) is 1.72. The van der Waals surface area contributed by atoms with Crippen LogP contribution in [0.4, 0.5) is 11.8 Å². The fourth-order valence-corrected chi connectivity index (χ4v) is 1.58. The molecule has 0 aromatic carbocycles. The molecule has 0 amide bonds. The van der Waals surface area contributed by atoms with Gasteiger partial charge in [-0.2, -0.15) is 15.1 Å². The smallest absolute Gasteiger partial charge is 0.226 e. The molecule has 0 radical (unpaired) electrons. The summed E-state index contributed by atoms with van der Waals surface area (Å²) in [4.78, 5) is 8.79. The van der Waals surface area contributed by atoms with E-state index in [9.17, 15) is 0 Å². The molecule has 0 aliphatic heterocycles. The molecule has 0 saturated heterocycles. The molecule has 0 spiro atoms. The molecule has 0 atom stereocenters. The lowest BCUT2D eigenvalue weighted by Gasteiger charge is -2.23. The maximum absolute atomic E-state index is 5.39. The van der Waals surface area contributed by atoms with Crippen LogP contribution >= 0.6 is 0 Å². The normalized spacial score (nSPS) is 11.8. The fraction of sp³-hybridized carbons (Fsp3) is 0.583. The van der Waals surface area contributed by atoms with Gasteiger partial charge in [0.05, 0.1) is 17.2 Å². The van der Waals surface area contributed by atoms with Gasteiger partial charge < -0.3 is 15.4 Å². The monoisotopic (exact) mass is 264 g/mol. The highest BCUT2D eigenvalue weighted by Gasteiger charge is 2.17. The number of anilines is 2. The zero-order valence-corrected chi connectivity index (χ0v) is 11.7. The second-order valence-electron chi connectivity index (χ2n) is 4.88. The molecule has 7 nitrogen and oxygen atoms in total. The van der Waals surface area contributed by atoms with Gasteiger partial charge in [-0.1, -0.05) is 0 Å². The molecule has 0 saturated carbocycles. The second-order valence-corrected chi connectivity index (χ2v) is 4.88. The highest BCUT2D eigenvalue weighted by Crippen LogP contribution is 2.21. The number of hydrogen-bond donors (Lipinski definition) is 3. The van der Waals surface area contributed by atoms with Crippen molar-refractivity contribution in [3.8, 4) is 0 Å². The first-order valence-electron chi connectivity index (χ1n) is 6.30. The average molecular weight is 264 g/mol. The quantitative estimate of drug-likeness (QED) is 0.735. The van der Waals surface area contributed by atoms with Gasteiger partial charge in [0, 0.05) is 20.2 Å². The second kappa shape index (κ2) is 5.40. The minimum atomic E-state index is -0.265. The molecule has 2 aromatic heterocycles. The largest absolute Gasteiger partial charge is 0.377 e. The lowest BCUT2D eigenvalue weighted by Crippen LogP contribution is -2.32. The van der Waals surface area contributed by atoms with Crippen LogP contribution in [0.5, 0.6) is 0 Å². The first-order valence-corrected chi connectivity index (χ1v) is 6.30. The van der Waals surface area contributed by atoms with Crippen molar-refractivity contribution in [1.29, 1.82) is 0 Å². The van der Waals surface area contributed by atoms with Crippen LogP contribution < -0.4 is 10.6 Å². The molecule has 3 N–H and O–H groups in total. The third-order valence-electron chi connectivity index (χ3n) is 2.88. The van der Waals surface area contributed by atoms with Crippen molar-refractivity contribution >= 4 is 22.8 Å². The van der Waals surface area contributed by atoms with E-state index < -0.39 is 0 Å². The van der Waals surface area contributed by atoms with Crippen molar-refractivity contribution in [2.75, 3.05) is 30.8 Å². The Labute approximate surface area is 112 Å². The molecule has 2 aromatic rings. The predicted molar refractivity (Wildman–Crippen MR) is 75.4 cm³/mol. The molecule has 0 bridgehead atoms. The topological polar surface area (TPSA) is 87.8 Å². The lowest BCUT2D eigenvalue weighted by molar-refractivity contribution is 0.0343. The summed E-state index contributed by atoms with van der Waals surface area (Å²) in [6.45, 7) is 7.44. The maximum atomic E-state index is 5.39. The molecule has 7 heteroatoms. The van der Waals surface area contributed by atoms with Gasteiger partial charge >= 0.3 is 0 Å². The van der Waals surface area contributed by atoms with Gasteiger partial charge in [-0.3, -0.25) is 5.10 Å². The molecule has 2 rings (SSSR count). The van der Waals surface area contributed by atoms with Crippen LogP contribution in [0.1, 0.15) is 20.8 Å². The number of nitrogens with one attached hydrogen (secondary N) is 3. The van der Waals surface area contributed by atoms with Gasteiger partial charge in [-0.25, -0.2) is 0 Å². The van der Waals surface area contributed by atoms with Gasteiger partial charge in [-0.15, -0.1) is 0 Å². The zero-order chi connectivity index (χ0) is 13.9. The average Bonchev–Trinajstić information content (AvgIpc) is 2.85. The summed E-state index contributed by atoms with van der Waals surface area (Å²) >= 11 is 0. The zero-order valence-electron chi connectivity index (χ0n) is 11.7. The van der Waals surface area contributed by atoms with Crippen molar-refractivity contribution in [2.45, 2.75) is 26.4 Å². The summed E-state index contributed by atoms with van der Waals surface area (Å²) in [7, 11) is 1.69. The van der Waals surface area contributed by atoms with Gasteiger partial charge in [0.2, 0.25) is 5.95 Å². The van der Waals surface area contributed by atoms with Crippen molar-refractivity contribution in [1.82, 2.24) is 20.2 Å². The van der Waals surface area contributed by atoms with Crippen LogP contribution in [0.15, 0.2) is 6.20 Å². The summed E-state index contributed by atoms with van der Waals surface area (Å²) in [5.41, 5.74) is 0.447. The molecule has 0 fully saturated rings. The molecule has 0 aliphatic rings. The Hall–Kier alpha value is -1.89. The molecule has 19 heavy (non-hydrogen) atoms. The summed E-state index contributed by atoms with van der Waals surface area (Å²) in [5.74, 6) is 1.33. The van der Waals surface area contributed by atoms with E-state index >= 15 is 0 Å². The van der Waals surface area contributed by atoms with E-state index in [1.165, 1.54) is 0 Å². The minimum Gasteiger partial charge on any atom is -0.377 e. The first kappa shape index (κ1) is 13.5. The molecular weight excluding hydrogens is 244 g/mol. The van der Waals surface area contributed by atoms with Crippen molar-refractivity contribution in [3.63, 3.8) is 0 Å². The van der Waals surface area contributed by atoms with E-state index in [1.807, 2.05) is 20.8 Å². The van der Waals surface area contributed by atoms with Crippen molar-refractivity contribution in [2.24, 2.45) is 0 Å². The van der Waals surface area contributed by atoms with E-state index in [2.05, 4.69) is 30.8 Å². The van der Waals surface area contributed by atoms with E-state index in [0.29, 0.717) is 18.1 Å². The third-order valence-corrected chi connectivity index (χ3v) is 2.88. The van der Waals surface area contributed by atoms with Crippen LogP contribution in [-0.2, 0) is 4.74 Å². The van der Waals surface area contributed by atoms with Crippen LogP contribution in [0, 0.1) is 0 Å². The van der Waals surface area contributed by atoms with Crippen LogP contribution in [0.2, 0.25) is 0 Å². The Balaban J connectivity index is 2.27. The fourth-order valence-electron chi connectivity index (χ4n) is 1.58. The number of aromatic nitrogens is 4. The Bertz CT molecular complexity index is 550. The SMILES string of the molecule is CCNc1nc(NCC(C)(C)OC)c2cn[nH]c2n1. The maximum Gasteiger partial charge on any atom is 0.226 e. The Morgan fingerprint density at radius 3 is 2.79 bits per heavy atom. The van der Waals surface area contributed by atoms with Gasteiger partial charge in [0.25, 0.3) is 0 Å². The number of hydrogen-bond acceptors (Lipinski definition) is 6. The minimum absolute atomic E-state index is 0.265. The number of fused-ring (bicyclic) bond motifs is 1. The molecule has 2 heterocycles. The number of methoxy groups -OCH3 is 1. The molecule has 104 valence electrons. The standard InChI is InChI=1S/C12H20N6O/c1-5-13-11-16-9(14-7-12(2,3)19-4)8-6-15-18-10(8)17-11/h6H,5,7H2,1-4H3,(H3,13,14,15,16,17,18). The van der Waals surface area contributed by atoms with Crippen LogP contribution in [0.3, 0.4) is 0 Å². The number of H-pyrrole nitrogens is 1. The van der Waals surface area contributed by atoms with Gasteiger partial charge in [0.15, 0.2) is 5.65 Å². The van der Waals surface area contributed by atoms with E-state index in [1.54, 1.807) is 13.3 Å². The summed E-state index contributed by atoms with van der Waals surface area (Å²) in [5, 5.41) is 14.1. The Morgan fingerprint density at radius 1 is 1.32 bits per heavy atom. The first-order chi connectivity index (χ1) is 9.05. The Kier molecular flexibility index (Phi) is 3.84. The van der Waals surface area contributed by atoms with E-state index in [-0.39, 0.29) is 5.60 Å². The van der Waals surface area contributed by atoms with Crippen LogP contribution in [-0.4, -0.2) is 46.0 Å². The Morgan fingerprint density at radius 2 is 2.11 bits per heavy atom. The van der Waals surface area contributed by atoms with Crippen LogP contribution in [0.25, 0.3) is 11.0 Å². The molecular formula is C12H20N6O. The third kappa shape index (κ3) is 3.11. The van der Waals surface area contributed by atoms with E-state index in [0.717, 1.165) is 17.7 Å². The number of rotatable bonds is 6. The molecule has 0 aliphatic carbocycles. The summed E-state index contributed by atoms with van der Waals surface area (Å²) < 4.78 is 5.39. The van der Waals surface area contributed by atoms with E-state index in [4.69, 9.17) is 4.74 Å². The van der Waals surface area contributed by atoms with Crippen molar-refractivity contribution < 1.29 is 4.74 Å². The summed E-state index contributed by atoms with van der Waals surface area (Å²) in [6, 6.07) is 0.